The number of hydrogen-bond donors (Lipinski definition) is 3. The van der Waals surface area contributed by atoms with Crippen LogP contribution < -0.4 is 16.5 Å². The molecule has 0 radical (unpaired) electrons. The Bertz CT molecular complexity index is 157. The van der Waals surface area contributed by atoms with E-state index in [0.29, 0.717) is 0 Å². The molecule has 70 valence electrons. The van der Waals surface area contributed by atoms with Crippen molar-refractivity contribution >= 4 is 12.2 Å². The summed E-state index contributed by atoms with van der Waals surface area (Å²) in [5.74, 6) is 0. The van der Waals surface area contributed by atoms with Gasteiger partial charge in [-0.1, -0.05) is 13.3 Å². The second-order valence-electron chi connectivity index (χ2n) is 2.44. The van der Waals surface area contributed by atoms with E-state index < -0.39 is 6.03 Å². The molecule has 0 heterocycles. The molecule has 0 aromatic carbocycles. The molecule has 2 amide bonds. The molecule has 0 aromatic rings. The Morgan fingerprint density at radius 3 is 2.83 bits per heavy atom. The molecule has 1 atom stereocenters. The first-order chi connectivity index (χ1) is 5.70. The molecule has 0 spiro atoms. The summed E-state index contributed by atoms with van der Waals surface area (Å²) in [4.78, 5) is 10.2. The summed E-state index contributed by atoms with van der Waals surface area (Å²) in [5.41, 5.74) is 6.95. The zero-order valence-electron chi connectivity index (χ0n) is 7.50. The monoisotopic (exact) mass is 172 g/mol. The fraction of sp³-hybridized carbons (Fsp3) is 0.714. The number of nitrogens with zero attached hydrogens (tertiary/aromatic N) is 1. The van der Waals surface area contributed by atoms with Crippen molar-refractivity contribution in [2.75, 3.05) is 7.05 Å². The summed E-state index contributed by atoms with van der Waals surface area (Å²) in [7, 11) is 1.84. The maximum Gasteiger partial charge on any atom is 0.332 e. The van der Waals surface area contributed by atoms with Gasteiger partial charge in [0.2, 0.25) is 0 Å². The molecule has 0 aromatic heterocycles. The van der Waals surface area contributed by atoms with Gasteiger partial charge in [-0.3, -0.25) is 0 Å². The Kier molecular flexibility index (Phi) is 6.00. The summed E-state index contributed by atoms with van der Waals surface area (Å²) in [6.07, 6.45) is 3.68. The highest BCUT2D eigenvalue weighted by Crippen LogP contribution is 1.91. The minimum atomic E-state index is -0.641. The van der Waals surface area contributed by atoms with Gasteiger partial charge in [-0.2, -0.15) is 5.10 Å². The van der Waals surface area contributed by atoms with Gasteiger partial charge in [-0.05, 0) is 13.5 Å². The quantitative estimate of drug-likeness (QED) is 0.404. The van der Waals surface area contributed by atoms with Crippen molar-refractivity contribution in [2.24, 2.45) is 10.8 Å². The van der Waals surface area contributed by atoms with Crippen molar-refractivity contribution in [3.8, 4) is 0 Å². The molecule has 1 unspecified atom stereocenters. The highest BCUT2D eigenvalue weighted by atomic mass is 16.2. The lowest BCUT2D eigenvalue weighted by molar-refractivity contribution is 0.249. The summed E-state index contributed by atoms with van der Waals surface area (Å²) in [6.45, 7) is 2.08. The SMILES string of the molecule is CCCC(/C=N/NC(N)=O)NC. The van der Waals surface area contributed by atoms with Crippen molar-refractivity contribution in [2.45, 2.75) is 25.8 Å². The van der Waals surface area contributed by atoms with E-state index >= 15 is 0 Å². The van der Waals surface area contributed by atoms with Gasteiger partial charge in [0.05, 0.1) is 0 Å². The van der Waals surface area contributed by atoms with Crippen LogP contribution in [0.5, 0.6) is 0 Å². The van der Waals surface area contributed by atoms with E-state index in [1.54, 1.807) is 6.21 Å². The first-order valence-electron chi connectivity index (χ1n) is 3.96. The average Bonchev–Trinajstić information content (AvgIpc) is 2.02. The summed E-state index contributed by atoms with van der Waals surface area (Å²) < 4.78 is 0. The lowest BCUT2D eigenvalue weighted by Gasteiger charge is -2.07. The van der Waals surface area contributed by atoms with Gasteiger partial charge < -0.3 is 11.1 Å². The van der Waals surface area contributed by atoms with Crippen LogP contribution in [-0.2, 0) is 0 Å². The van der Waals surface area contributed by atoms with Crippen molar-refractivity contribution in [1.82, 2.24) is 10.7 Å². The molecular formula is C7H16N4O. The molecule has 0 aliphatic heterocycles. The van der Waals surface area contributed by atoms with Crippen LogP contribution in [0.2, 0.25) is 0 Å². The Balaban J connectivity index is 3.68. The number of rotatable bonds is 5. The minimum absolute atomic E-state index is 0.196. The Labute approximate surface area is 72.4 Å². The minimum Gasteiger partial charge on any atom is -0.350 e. The maximum absolute atomic E-state index is 10.2. The zero-order valence-corrected chi connectivity index (χ0v) is 7.50. The van der Waals surface area contributed by atoms with Gasteiger partial charge in [-0.15, -0.1) is 0 Å². The van der Waals surface area contributed by atoms with Crippen LogP contribution in [-0.4, -0.2) is 25.3 Å². The van der Waals surface area contributed by atoms with Gasteiger partial charge in [0, 0.05) is 12.3 Å². The number of hydrogen-bond acceptors (Lipinski definition) is 3. The summed E-state index contributed by atoms with van der Waals surface area (Å²) >= 11 is 0. The maximum atomic E-state index is 10.2. The Morgan fingerprint density at radius 1 is 1.75 bits per heavy atom. The smallest absolute Gasteiger partial charge is 0.332 e. The standard InChI is InChI=1S/C7H16N4O/c1-3-4-6(9-2)5-10-11-7(8)12/h5-6,9H,3-4H2,1-2H3,(H3,8,11,12)/b10-5+. The van der Waals surface area contributed by atoms with Crippen LogP contribution in [0.25, 0.3) is 0 Å². The third-order valence-corrected chi connectivity index (χ3v) is 1.40. The van der Waals surface area contributed by atoms with Gasteiger partial charge in [0.25, 0.3) is 0 Å². The second kappa shape index (κ2) is 6.60. The zero-order chi connectivity index (χ0) is 9.40. The molecule has 0 rings (SSSR count). The van der Waals surface area contributed by atoms with Crippen molar-refractivity contribution in [1.29, 1.82) is 0 Å². The van der Waals surface area contributed by atoms with E-state index in [1.165, 1.54) is 0 Å². The number of nitrogens with two attached hydrogens (primary N) is 1. The summed E-state index contributed by atoms with van der Waals surface area (Å²) in [5, 5.41) is 6.68. The molecule has 12 heavy (non-hydrogen) atoms. The van der Waals surface area contributed by atoms with Crippen molar-refractivity contribution in [3.63, 3.8) is 0 Å². The molecule has 0 bridgehead atoms. The fourth-order valence-corrected chi connectivity index (χ4v) is 0.795. The summed E-state index contributed by atoms with van der Waals surface area (Å²) in [6, 6.07) is -0.445. The molecule has 5 nitrogen and oxygen atoms in total. The van der Waals surface area contributed by atoms with Gasteiger partial charge in [-0.25, -0.2) is 10.2 Å². The number of amides is 2. The van der Waals surface area contributed by atoms with E-state index in [1.807, 2.05) is 7.05 Å². The number of urea groups is 1. The molecule has 0 aliphatic rings. The van der Waals surface area contributed by atoms with E-state index in [4.69, 9.17) is 5.73 Å². The highest BCUT2D eigenvalue weighted by Gasteiger charge is 1.98. The van der Waals surface area contributed by atoms with Crippen LogP contribution in [0.3, 0.4) is 0 Å². The largest absolute Gasteiger partial charge is 0.350 e. The van der Waals surface area contributed by atoms with Crippen LogP contribution in [0, 0.1) is 0 Å². The van der Waals surface area contributed by atoms with E-state index in [-0.39, 0.29) is 6.04 Å². The molecule has 0 aliphatic carbocycles. The van der Waals surface area contributed by atoms with E-state index in [2.05, 4.69) is 22.8 Å². The van der Waals surface area contributed by atoms with Crippen LogP contribution >= 0.6 is 0 Å². The Hall–Kier alpha value is -1.10. The molecule has 0 saturated carbocycles. The number of carbonyl (C=O) groups is 1. The van der Waals surface area contributed by atoms with Gasteiger partial charge >= 0.3 is 6.03 Å². The fourth-order valence-electron chi connectivity index (χ4n) is 0.795. The Morgan fingerprint density at radius 2 is 2.42 bits per heavy atom. The molecular weight excluding hydrogens is 156 g/mol. The van der Waals surface area contributed by atoms with Crippen LogP contribution in [0.1, 0.15) is 19.8 Å². The van der Waals surface area contributed by atoms with E-state index in [9.17, 15) is 4.79 Å². The predicted molar refractivity (Wildman–Crippen MR) is 49.0 cm³/mol. The topological polar surface area (TPSA) is 79.5 Å². The molecule has 0 saturated heterocycles. The normalized spacial score (nSPS) is 13.2. The first kappa shape index (κ1) is 10.9. The number of hydrazone groups is 1. The predicted octanol–water partition coefficient (Wildman–Crippen LogP) is 0.0286. The lowest BCUT2D eigenvalue weighted by Crippen LogP contribution is -2.30. The van der Waals surface area contributed by atoms with E-state index in [0.717, 1.165) is 12.8 Å². The van der Waals surface area contributed by atoms with Crippen molar-refractivity contribution in [3.05, 3.63) is 0 Å². The third-order valence-electron chi connectivity index (χ3n) is 1.40. The lowest BCUT2D eigenvalue weighted by atomic mass is 10.2. The third kappa shape index (κ3) is 5.67. The number of carbonyl (C=O) groups excluding carboxylic acids is 1. The van der Waals surface area contributed by atoms with Crippen LogP contribution in [0.15, 0.2) is 5.10 Å². The van der Waals surface area contributed by atoms with Crippen LogP contribution in [0.4, 0.5) is 4.79 Å². The van der Waals surface area contributed by atoms with Crippen molar-refractivity contribution < 1.29 is 4.79 Å². The molecule has 0 fully saturated rings. The second-order valence-corrected chi connectivity index (χ2v) is 2.44. The van der Waals surface area contributed by atoms with Gasteiger partial charge in [0.1, 0.15) is 0 Å². The van der Waals surface area contributed by atoms with Gasteiger partial charge in [0.15, 0.2) is 0 Å². The molecule has 4 N–H and O–H groups in total. The number of primary amides is 1. The average molecular weight is 172 g/mol. The number of nitrogens with one attached hydrogen (secondary N) is 2. The molecule has 5 heteroatoms. The first-order valence-corrected chi connectivity index (χ1v) is 3.96. The highest BCUT2D eigenvalue weighted by molar-refractivity contribution is 5.73.